The molecule has 0 bridgehead atoms. The number of aliphatic carboxylic acids is 1. The predicted octanol–water partition coefficient (Wildman–Crippen LogP) is 1.59. The largest absolute Gasteiger partial charge is 2.00 e. The quantitative estimate of drug-likeness (QED) is 0.438. The standard InChI is InChI=1S/C10H11O2.C5H10O2.Zn/c1-3-12-10(11)9-6-4-5-8(2)7-9;1-5(2,3)4(6)7;/h4-7H,2-3H2,1H3;1-3H3,(H,6,7);/q-1;;+2/p-1. The minimum Gasteiger partial charge on any atom is -0.550 e. The maximum Gasteiger partial charge on any atom is 2.00 e. The van der Waals surface area contributed by atoms with Crippen LogP contribution in [0, 0.1) is 11.8 Å². The zero-order valence-electron chi connectivity index (χ0n) is 12.6. The van der Waals surface area contributed by atoms with Gasteiger partial charge in [0.2, 0.25) is 0 Å². The first kappa shape index (κ1) is 21.0. The number of hydrogen-bond donors (Lipinski definition) is 0. The van der Waals surface area contributed by atoms with Crippen molar-refractivity contribution in [3.8, 4) is 0 Å². The fraction of sp³-hybridized carbons (Fsp3) is 0.400. The normalized spacial score (nSPS) is 13.0. The molecule has 0 aromatic heterocycles. The summed E-state index contributed by atoms with van der Waals surface area (Å²) in [6, 6.07) is 0. The zero-order valence-corrected chi connectivity index (χ0v) is 15.5. The van der Waals surface area contributed by atoms with Gasteiger partial charge in [0, 0.05) is 11.4 Å². The summed E-state index contributed by atoms with van der Waals surface area (Å²) in [5.41, 5.74) is 0.685. The minimum absolute atomic E-state index is 0. The van der Waals surface area contributed by atoms with Crippen LogP contribution in [0.15, 0.2) is 36.0 Å². The molecule has 0 aromatic rings. The van der Waals surface area contributed by atoms with Crippen molar-refractivity contribution in [3.63, 3.8) is 0 Å². The Labute approximate surface area is 133 Å². The van der Waals surface area contributed by atoms with E-state index in [2.05, 4.69) is 6.58 Å². The third-order valence-corrected chi connectivity index (χ3v) is 2.05. The van der Waals surface area contributed by atoms with Crippen molar-refractivity contribution >= 4 is 11.9 Å². The van der Waals surface area contributed by atoms with Crippen molar-refractivity contribution in [2.45, 2.75) is 27.7 Å². The molecule has 0 spiro atoms. The van der Waals surface area contributed by atoms with Gasteiger partial charge in [0.25, 0.3) is 0 Å². The maximum absolute atomic E-state index is 11.1. The molecule has 0 radical (unpaired) electrons. The third-order valence-electron chi connectivity index (χ3n) is 2.05. The number of hydrogen-bond acceptors (Lipinski definition) is 4. The van der Waals surface area contributed by atoms with E-state index in [-0.39, 0.29) is 25.4 Å². The number of ether oxygens (including phenoxy) is 1. The molecule has 1 aliphatic carbocycles. The van der Waals surface area contributed by atoms with E-state index in [1.54, 1.807) is 45.9 Å². The first-order valence-electron chi connectivity index (χ1n) is 5.99. The van der Waals surface area contributed by atoms with Crippen LogP contribution in [0.25, 0.3) is 0 Å². The number of carbonyl (C=O) groups excluding carboxylic acids is 2. The van der Waals surface area contributed by atoms with Crippen LogP contribution < -0.4 is 5.11 Å². The Balaban J connectivity index is 0. The van der Waals surface area contributed by atoms with Crippen molar-refractivity contribution in [2.24, 2.45) is 5.41 Å². The molecule has 20 heavy (non-hydrogen) atoms. The van der Waals surface area contributed by atoms with Gasteiger partial charge in [-0.25, -0.2) is 4.79 Å². The molecule has 0 saturated heterocycles. The average Bonchev–Trinajstić information content (AvgIpc) is 2.29. The summed E-state index contributed by atoms with van der Waals surface area (Å²) in [4.78, 5) is 21.1. The summed E-state index contributed by atoms with van der Waals surface area (Å²) in [6.07, 6.45) is 7.04. The second kappa shape index (κ2) is 9.54. The molecule has 106 valence electrons. The Morgan fingerprint density at radius 2 is 1.90 bits per heavy atom. The van der Waals surface area contributed by atoms with E-state index < -0.39 is 11.4 Å². The molecule has 0 aliphatic heterocycles. The van der Waals surface area contributed by atoms with Gasteiger partial charge < -0.3 is 14.6 Å². The van der Waals surface area contributed by atoms with Crippen molar-refractivity contribution < 1.29 is 38.9 Å². The Kier molecular flexibility index (Phi) is 10.00. The van der Waals surface area contributed by atoms with Crippen molar-refractivity contribution in [1.29, 1.82) is 0 Å². The van der Waals surface area contributed by atoms with Crippen LogP contribution in [0.3, 0.4) is 0 Å². The SMILES string of the molecule is C=C1C=C(C(=O)OCC)C=C[CH-]1.CC(C)(C)C(=O)[O-].[Zn+2]. The maximum atomic E-state index is 11.1. The molecule has 5 heteroatoms. The Hall–Kier alpha value is -1.35. The van der Waals surface area contributed by atoms with Gasteiger partial charge in [-0.3, -0.25) is 0 Å². The van der Waals surface area contributed by atoms with Gasteiger partial charge in [0.1, 0.15) is 0 Å². The van der Waals surface area contributed by atoms with Crippen LogP contribution in [0.1, 0.15) is 27.7 Å². The van der Waals surface area contributed by atoms with Gasteiger partial charge >= 0.3 is 25.4 Å². The topological polar surface area (TPSA) is 66.4 Å². The molecule has 1 rings (SSSR count). The van der Waals surface area contributed by atoms with E-state index in [0.717, 1.165) is 5.57 Å². The van der Waals surface area contributed by atoms with Crippen LogP contribution in [0.5, 0.6) is 0 Å². The fourth-order valence-corrected chi connectivity index (χ4v) is 0.913. The summed E-state index contributed by atoms with van der Waals surface area (Å²) in [7, 11) is 0. The molecule has 0 heterocycles. The van der Waals surface area contributed by atoms with Crippen LogP contribution in [0.4, 0.5) is 0 Å². The fourth-order valence-electron chi connectivity index (χ4n) is 0.913. The second-order valence-electron chi connectivity index (χ2n) is 4.96. The van der Waals surface area contributed by atoms with Gasteiger partial charge in [0.05, 0.1) is 6.61 Å². The third kappa shape index (κ3) is 8.70. The van der Waals surface area contributed by atoms with Crippen molar-refractivity contribution in [3.05, 3.63) is 42.4 Å². The number of rotatable bonds is 2. The van der Waals surface area contributed by atoms with Crippen LogP contribution in [0.2, 0.25) is 0 Å². The van der Waals surface area contributed by atoms with Gasteiger partial charge in [-0.15, -0.1) is 24.6 Å². The van der Waals surface area contributed by atoms with Crippen molar-refractivity contribution in [1.82, 2.24) is 0 Å². The number of carbonyl (C=O) groups is 2. The number of carboxylic acids is 1. The van der Waals surface area contributed by atoms with Gasteiger partial charge in [-0.1, -0.05) is 20.8 Å². The summed E-state index contributed by atoms with van der Waals surface area (Å²) in [6.45, 7) is 10.7. The van der Waals surface area contributed by atoms with Crippen LogP contribution >= 0.6 is 0 Å². The average molecular weight is 330 g/mol. The number of esters is 1. The predicted molar refractivity (Wildman–Crippen MR) is 71.8 cm³/mol. The minimum atomic E-state index is -1.01. The second-order valence-corrected chi connectivity index (χ2v) is 4.96. The summed E-state index contributed by atoms with van der Waals surface area (Å²) in [5, 5.41) is 9.91. The van der Waals surface area contributed by atoms with E-state index in [4.69, 9.17) is 4.74 Å². The molecule has 0 atom stereocenters. The Morgan fingerprint density at radius 1 is 1.40 bits per heavy atom. The van der Waals surface area contributed by atoms with E-state index in [1.807, 2.05) is 6.42 Å². The molecule has 0 amide bonds. The summed E-state index contributed by atoms with van der Waals surface area (Å²) >= 11 is 0. The van der Waals surface area contributed by atoms with Crippen LogP contribution in [-0.4, -0.2) is 18.5 Å². The van der Waals surface area contributed by atoms with Crippen molar-refractivity contribution in [2.75, 3.05) is 6.61 Å². The Morgan fingerprint density at radius 3 is 2.25 bits per heavy atom. The smallest absolute Gasteiger partial charge is 0.550 e. The van der Waals surface area contributed by atoms with E-state index in [0.29, 0.717) is 12.2 Å². The Bertz CT molecular complexity index is 414. The molecule has 0 fully saturated rings. The molecule has 0 aromatic carbocycles. The molecular weight excluding hydrogens is 310 g/mol. The first-order valence-corrected chi connectivity index (χ1v) is 5.99. The number of carboxylic acid groups (broad SMARTS) is 1. The molecule has 4 nitrogen and oxygen atoms in total. The van der Waals surface area contributed by atoms with Gasteiger partial charge in [0.15, 0.2) is 0 Å². The number of allylic oxidation sites excluding steroid dienone is 3. The summed E-state index contributed by atoms with van der Waals surface area (Å²) < 4.78 is 4.82. The van der Waals surface area contributed by atoms with Crippen LogP contribution in [-0.2, 0) is 33.8 Å². The molecular formula is C15H20O4Zn. The van der Waals surface area contributed by atoms with E-state index >= 15 is 0 Å². The van der Waals surface area contributed by atoms with Gasteiger partial charge in [-0.05, 0) is 12.5 Å². The van der Waals surface area contributed by atoms with Gasteiger partial charge in [-0.2, -0.15) is 12.2 Å². The van der Waals surface area contributed by atoms with E-state index in [9.17, 15) is 14.7 Å². The first-order chi connectivity index (χ1) is 8.68. The molecule has 1 aliphatic rings. The monoisotopic (exact) mass is 328 g/mol. The van der Waals surface area contributed by atoms with E-state index in [1.165, 1.54) is 0 Å². The molecule has 0 saturated carbocycles. The zero-order chi connectivity index (χ0) is 15.1. The summed E-state index contributed by atoms with van der Waals surface area (Å²) in [5.74, 6) is -1.30. The molecule has 0 N–H and O–H groups in total. The molecule has 0 unspecified atom stereocenters.